The van der Waals surface area contributed by atoms with Crippen LogP contribution in [0.15, 0.2) is 35.1 Å². The number of carbonyl (C=O) groups is 1. The average molecular weight is 343 g/mol. The zero-order chi connectivity index (χ0) is 18.1. The minimum absolute atomic E-state index is 0.152. The van der Waals surface area contributed by atoms with Gasteiger partial charge in [0.15, 0.2) is 0 Å². The van der Waals surface area contributed by atoms with E-state index in [4.69, 9.17) is 0 Å². The molecule has 0 unspecified atom stereocenters. The summed E-state index contributed by atoms with van der Waals surface area (Å²) in [5.74, 6) is -2.25. The van der Waals surface area contributed by atoms with Crippen LogP contribution in [0.4, 0.5) is 23.2 Å². The van der Waals surface area contributed by atoms with E-state index >= 15 is 0 Å². The van der Waals surface area contributed by atoms with Crippen molar-refractivity contribution < 1.29 is 22.4 Å². The van der Waals surface area contributed by atoms with Gasteiger partial charge in [-0.2, -0.15) is 18.3 Å². The first-order valence-electron chi connectivity index (χ1n) is 6.87. The summed E-state index contributed by atoms with van der Waals surface area (Å²) in [4.78, 5) is 23.7. The average Bonchev–Trinajstić information content (AvgIpc) is 2.48. The Morgan fingerprint density at radius 3 is 2.46 bits per heavy atom. The summed E-state index contributed by atoms with van der Waals surface area (Å²) < 4.78 is 52.3. The number of amides is 1. The molecular weight excluding hydrogens is 330 g/mol. The minimum atomic E-state index is -4.88. The Labute approximate surface area is 133 Å². The number of alkyl halides is 3. The number of anilines is 1. The zero-order valence-electron chi connectivity index (χ0n) is 12.7. The number of aromatic nitrogens is 2. The second kappa shape index (κ2) is 6.42. The fraction of sp³-hybridized carbons (Fsp3) is 0.267. The Morgan fingerprint density at radius 2 is 1.88 bits per heavy atom. The second-order valence-electron chi connectivity index (χ2n) is 5.24. The van der Waals surface area contributed by atoms with Crippen LogP contribution in [0.5, 0.6) is 0 Å². The molecule has 5 nitrogen and oxygen atoms in total. The number of rotatable bonds is 3. The van der Waals surface area contributed by atoms with Crippen LogP contribution in [0.1, 0.15) is 35.9 Å². The minimum Gasteiger partial charge on any atom is -0.321 e. The van der Waals surface area contributed by atoms with Crippen molar-refractivity contribution in [3.8, 4) is 0 Å². The monoisotopic (exact) mass is 343 g/mol. The fourth-order valence-electron chi connectivity index (χ4n) is 1.93. The van der Waals surface area contributed by atoms with E-state index in [2.05, 4.69) is 10.4 Å². The van der Waals surface area contributed by atoms with Gasteiger partial charge < -0.3 is 5.32 Å². The molecule has 128 valence electrons. The summed E-state index contributed by atoms with van der Waals surface area (Å²) in [7, 11) is 0. The molecule has 0 aliphatic heterocycles. The molecule has 1 amide bonds. The lowest BCUT2D eigenvalue weighted by Gasteiger charge is -2.12. The number of nitrogens with zero attached hydrogens (tertiary/aromatic N) is 2. The summed E-state index contributed by atoms with van der Waals surface area (Å²) in [5.41, 5.74) is -2.29. The molecule has 0 spiro atoms. The second-order valence-corrected chi connectivity index (χ2v) is 5.24. The Hall–Kier alpha value is -2.71. The lowest BCUT2D eigenvalue weighted by atomic mass is 10.1. The molecule has 1 aromatic heterocycles. The highest BCUT2D eigenvalue weighted by Gasteiger charge is 2.34. The molecule has 0 atom stereocenters. The van der Waals surface area contributed by atoms with Crippen LogP contribution in [0, 0.1) is 5.82 Å². The van der Waals surface area contributed by atoms with E-state index in [9.17, 15) is 27.2 Å². The summed E-state index contributed by atoms with van der Waals surface area (Å²) in [6.07, 6.45) is -4.88. The maximum absolute atomic E-state index is 13.2. The first kappa shape index (κ1) is 17.6. The van der Waals surface area contributed by atoms with Gasteiger partial charge in [-0.3, -0.25) is 9.59 Å². The summed E-state index contributed by atoms with van der Waals surface area (Å²) in [6.45, 7) is 3.37. The third-order valence-electron chi connectivity index (χ3n) is 3.08. The van der Waals surface area contributed by atoms with Gasteiger partial charge in [0.05, 0.1) is 11.6 Å². The van der Waals surface area contributed by atoms with Crippen LogP contribution in [0.3, 0.4) is 0 Å². The quantitative estimate of drug-likeness (QED) is 0.870. The van der Waals surface area contributed by atoms with Crippen LogP contribution in [-0.2, 0) is 6.18 Å². The molecule has 1 N–H and O–H groups in total. The normalized spacial score (nSPS) is 11.6. The van der Waals surface area contributed by atoms with Gasteiger partial charge in [0.2, 0.25) is 0 Å². The Kier molecular flexibility index (Phi) is 4.72. The molecule has 1 aromatic carbocycles. The first-order valence-corrected chi connectivity index (χ1v) is 6.87. The van der Waals surface area contributed by atoms with E-state index in [1.165, 1.54) is 0 Å². The summed E-state index contributed by atoms with van der Waals surface area (Å²) in [5, 5.41) is 6.05. The summed E-state index contributed by atoms with van der Waals surface area (Å²) in [6, 6.07) is 4.10. The predicted molar refractivity (Wildman–Crippen MR) is 78.2 cm³/mol. The van der Waals surface area contributed by atoms with Crippen molar-refractivity contribution in [1.29, 1.82) is 0 Å². The molecule has 0 aliphatic carbocycles. The molecular formula is C15H13F4N3O2. The molecule has 0 radical (unpaired) electrons. The topological polar surface area (TPSA) is 64.0 Å². The van der Waals surface area contributed by atoms with E-state index in [0.717, 1.165) is 22.9 Å². The summed E-state index contributed by atoms with van der Waals surface area (Å²) >= 11 is 0. The van der Waals surface area contributed by atoms with Gasteiger partial charge in [-0.1, -0.05) is 0 Å². The van der Waals surface area contributed by atoms with Gasteiger partial charge in [0.1, 0.15) is 11.5 Å². The highest BCUT2D eigenvalue weighted by Crippen LogP contribution is 2.33. The van der Waals surface area contributed by atoms with E-state index in [0.29, 0.717) is 12.1 Å². The molecule has 0 saturated carbocycles. The smallest absolute Gasteiger partial charge is 0.321 e. The predicted octanol–water partition coefficient (Wildman–Crippen LogP) is 3.23. The number of halogens is 4. The van der Waals surface area contributed by atoms with Crippen molar-refractivity contribution in [2.75, 3.05) is 5.32 Å². The molecule has 0 bridgehead atoms. The van der Waals surface area contributed by atoms with Crippen molar-refractivity contribution in [3.05, 3.63) is 57.8 Å². The first-order chi connectivity index (χ1) is 11.1. The van der Waals surface area contributed by atoms with Crippen molar-refractivity contribution in [3.63, 3.8) is 0 Å². The molecule has 0 aliphatic rings. The van der Waals surface area contributed by atoms with E-state index in [1.807, 2.05) is 0 Å². The Bertz CT molecular complexity index is 828. The lowest BCUT2D eigenvalue weighted by molar-refractivity contribution is -0.139. The van der Waals surface area contributed by atoms with Gasteiger partial charge in [-0.25, -0.2) is 9.07 Å². The van der Waals surface area contributed by atoms with Crippen molar-refractivity contribution >= 4 is 11.6 Å². The molecule has 2 aromatic rings. The third-order valence-corrected chi connectivity index (χ3v) is 3.08. The van der Waals surface area contributed by atoms with Crippen molar-refractivity contribution in [2.24, 2.45) is 0 Å². The van der Waals surface area contributed by atoms with Crippen LogP contribution in [-0.4, -0.2) is 15.7 Å². The largest absolute Gasteiger partial charge is 0.419 e. The molecule has 9 heteroatoms. The van der Waals surface area contributed by atoms with Gasteiger partial charge >= 0.3 is 6.18 Å². The van der Waals surface area contributed by atoms with Gasteiger partial charge in [-0.15, -0.1) is 0 Å². The fourth-order valence-corrected chi connectivity index (χ4v) is 1.93. The van der Waals surface area contributed by atoms with Crippen LogP contribution >= 0.6 is 0 Å². The highest BCUT2D eigenvalue weighted by atomic mass is 19.4. The van der Waals surface area contributed by atoms with E-state index in [-0.39, 0.29) is 17.4 Å². The number of carbonyl (C=O) groups excluding carboxylic acids is 1. The molecule has 0 saturated heterocycles. The standard InChI is InChI=1S/C15H13F4N3O2/c1-8(2)22-13(23)6-5-12(21-22)14(24)20-9-3-4-11(16)10(7-9)15(17,18)19/h3-8H,1-2H3,(H,20,24). The molecule has 0 fully saturated rings. The van der Waals surface area contributed by atoms with Crippen molar-refractivity contribution in [2.45, 2.75) is 26.1 Å². The molecule has 24 heavy (non-hydrogen) atoms. The maximum Gasteiger partial charge on any atom is 0.419 e. The van der Waals surface area contributed by atoms with Crippen LogP contribution in [0.2, 0.25) is 0 Å². The Morgan fingerprint density at radius 1 is 1.21 bits per heavy atom. The van der Waals surface area contributed by atoms with Crippen LogP contribution in [0.25, 0.3) is 0 Å². The lowest BCUT2D eigenvalue weighted by Crippen LogP contribution is -2.27. The van der Waals surface area contributed by atoms with Gasteiger partial charge in [-0.05, 0) is 38.1 Å². The van der Waals surface area contributed by atoms with Crippen molar-refractivity contribution in [1.82, 2.24) is 9.78 Å². The number of hydrogen-bond acceptors (Lipinski definition) is 3. The van der Waals surface area contributed by atoms with E-state index in [1.54, 1.807) is 13.8 Å². The maximum atomic E-state index is 13.2. The number of nitrogens with one attached hydrogen (secondary N) is 1. The SMILES string of the molecule is CC(C)n1nc(C(=O)Nc2ccc(F)c(C(F)(F)F)c2)ccc1=O. The van der Waals surface area contributed by atoms with Gasteiger partial charge in [0, 0.05) is 11.8 Å². The zero-order valence-corrected chi connectivity index (χ0v) is 12.7. The van der Waals surface area contributed by atoms with E-state index < -0.39 is 29.0 Å². The number of hydrogen-bond donors (Lipinski definition) is 1. The Balaban J connectivity index is 2.31. The van der Waals surface area contributed by atoms with Crippen LogP contribution < -0.4 is 10.9 Å². The third kappa shape index (κ3) is 3.79. The molecule has 2 rings (SSSR count). The molecule has 1 heterocycles. The number of benzene rings is 1. The highest BCUT2D eigenvalue weighted by molar-refractivity contribution is 6.02. The van der Waals surface area contributed by atoms with Gasteiger partial charge in [0.25, 0.3) is 11.5 Å².